The minimum atomic E-state index is 0.773. The van der Waals surface area contributed by atoms with Crippen LogP contribution in [0.2, 0.25) is 0 Å². The summed E-state index contributed by atoms with van der Waals surface area (Å²) in [5.74, 6) is 0. The van der Waals surface area contributed by atoms with E-state index in [2.05, 4.69) is 70.6 Å². The number of nitrogens with zero attached hydrogens (tertiary/aromatic N) is 4. The average molecular weight is 392 g/mol. The van der Waals surface area contributed by atoms with Crippen LogP contribution >= 0.6 is 11.3 Å². The Labute approximate surface area is 171 Å². The Balaban J connectivity index is 1.41. The molecule has 6 rings (SSSR count). The fourth-order valence-electron chi connectivity index (χ4n) is 3.73. The highest BCUT2D eigenvalue weighted by atomic mass is 32.1. The largest absolute Gasteiger partial charge is 0.256 e. The molecule has 4 aromatic heterocycles. The van der Waals surface area contributed by atoms with Crippen LogP contribution in [0.5, 0.6) is 0 Å². The zero-order valence-corrected chi connectivity index (χ0v) is 16.3. The molecule has 4 nitrogen and oxygen atoms in total. The zero-order valence-electron chi connectivity index (χ0n) is 15.5. The predicted octanol–water partition coefficient (Wildman–Crippen LogP) is 5.75. The van der Waals surface area contributed by atoms with Crippen molar-refractivity contribution in [3.63, 3.8) is 0 Å². The van der Waals surface area contributed by atoms with Crippen LogP contribution in [0.4, 0.5) is 0 Å². The summed E-state index contributed by atoms with van der Waals surface area (Å²) in [4.78, 5) is 10.1. The van der Waals surface area contributed by atoms with E-state index in [0.717, 1.165) is 34.4 Å². The van der Waals surface area contributed by atoms with Crippen LogP contribution in [0.15, 0.2) is 85.2 Å². The van der Waals surface area contributed by atoms with Crippen LogP contribution in [-0.4, -0.2) is 19.6 Å². The molecule has 0 aliphatic carbocycles. The van der Waals surface area contributed by atoms with E-state index in [4.69, 9.17) is 5.10 Å². The first-order chi connectivity index (χ1) is 14.3. The van der Waals surface area contributed by atoms with Crippen molar-refractivity contribution in [2.75, 3.05) is 0 Å². The number of benzene rings is 2. The lowest BCUT2D eigenvalue weighted by Gasteiger charge is -2.05. The van der Waals surface area contributed by atoms with Crippen molar-refractivity contribution in [3.05, 3.63) is 96.4 Å². The molecule has 0 fully saturated rings. The number of imidazole rings is 1. The number of thiophene rings is 1. The fourth-order valence-corrected chi connectivity index (χ4v) is 4.75. The molecule has 0 saturated heterocycles. The van der Waals surface area contributed by atoms with E-state index in [0.29, 0.717) is 0 Å². The smallest absolute Gasteiger partial charge is 0.153 e. The lowest BCUT2D eigenvalue weighted by molar-refractivity contribution is 0.877. The molecule has 0 aliphatic heterocycles. The van der Waals surface area contributed by atoms with E-state index in [1.54, 1.807) is 11.3 Å². The molecule has 5 heteroatoms. The van der Waals surface area contributed by atoms with Gasteiger partial charge in [-0.3, -0.25) is 4.98 Å². The molecular weight excluding hydrogens is 376 g/mol. The third kappa shape index (κ3) is 2.87. The maximum atomic E-state index is 4.91. The maximum Gasteiger partial charge on any atom is 0.153 e. The first kappa shape index (κ1) is 16.4. The van der Waals surface area contributed by atoms with E-state index in [9.17, 15) is 0 Å². The second-order valence-electron chi connectivity index (χ2n) is 7.09. The number of rotatable bonds is 3. The van der Waals surface area contributed by atoms with Gasteiger partial charge in [0.15, 0.2) is 5.65 Å². The normalized spacial score (nSPS) is 11.6. The highest BCUT2D eigenvalue weighted by Crippen LogP contribution is 2.32. The SMILES string of the molecule is c1cnc2ccc(Cc3cnc4ccc(-c5cc6ccccc6s5)nn34)cc2c1. The molecule has 2 aromatic carbocycles. The van der Waals surface area contributed by atoms with Crippen LogP contribution < -0.4 is 0 Å². The Hall–Kier alpha value is -3.57. The molecule has 0 radical (unpaired) electrons. The summed E-state index contributed by atoms with van der Waals surface area (Å²) in [6.45, 7) is 0. The second-order valence-corrected chi connectivity index (χ2v) is 8.18. The number of pyridine rings is 1. The number of hydrogen-bond acceptors (Lipinski definition) is 4. The molecule has 0 atom stereocenters. The van der Waals surface area contributed by atoms with Crippen molar-refractivity contribution in [1.29, 1.82) is 0 Å². The van der Waals surface area contributed by atoms with Gasteiger partial charge in [-0.2, -0.15) is 5.10 Å². The Morgan fingerprint density at radius 1 is 0.828 bits per heavy atom. The standard InChI is InChI=1S/C24H16N4S/c1-2-6-22-18(4-1)14-23(29-22)21-9-10-24-26-15-19(28(24)27-21)13-16-7-8-20-17(12-16)5-3-11-25-20/h1-12,14-15H,13H2. The Bertz CT molecular complexity index is 1460. The molecular formula is C24H16N4S. The molecule has 0 spiro atoms. The monoisotopic (exact) mass is 392 g/mol. The Morgan fingerprint density at radius 2 is 1.76 bits per heavy atom. The van der Waals surface area contributed by atoms with Crippen LogP contribution in [0.1, 0.15) is 11.3 Å². The van der Waals surface area contributed by atoms with Gasteiger partial charge >= 0.3 is 0 Å². The van der Waals surface area contributed by atoms with Crippen molar-refractivity contribution >= 4 is 38.0 Å². The van der Waals surface area contributed by atoms with Gasteiger partial charge in [-0.05, 0) is 53.4 Å². The van der Waals surface area contributed by atoms with Gasteiger partial charge in [0.05, 0.1) is 22.3 Å². The van der Waals surface area contributed by atoms with Crippen LogP contribution in [0.25, 0.3) is 37.2 Å². The highest BCUT2D eigenvalue weighted by molar-refractivity contribution is 7.22. The topological polar surface area (TPSA) is 43.1 Å². The quantitative estimate of drug-likeness (QED) is 0.385. The van der Waals surface area contributed by atoms with Gasteiger partial charge in [0, 0.05) is 22.7 Å². The summed E-state index contributed by atoms with van der Waals surface area (Å²) >= 11 is 1.77. The van der Waals surface area contributed by atoms with Gasteiger partial charge in [-0.1, -0.05) is 30.3 Å². The molecule has 0 saturated carbocycles. The molecule has 0 bridgehead atoms. The Kier molecular flexibility index (Phi) is 3.67. The summed E-state index contributed by atoms with van der Waals surface area (Å²) in [6.07, 6.45) is 4.52. The molecule has 0 unspecified atom stereocenters. The number of aromatic nitrogens is 4. The van der Waals surface area contributed by atoms with E-state index < -0.39 is 0 Å². The number of hydrogen-bond donors (Lipinski definition) is 0. The van der Waals surface area contributed by atoms with Gasteiger partial charge in [-0.25, -0.2) is 9.50 Å². The summed E-state index contributed by atoms with van der Waals surface area (Å²) in [5, 5.41) is 7.32. The molecule has 4 heterocycles. The van der Waals surface area contributed by atoms with Crippen LogP contribution in [-0.2, 0) is 6.42 Å². The van der Waals surface area contributed by atoms with Crippen molar-refractivity contribution in [3.8, 4) is 10.6 Å². The van der Waals surface area contributed by atoms with E-state index in [1.807, 2.05) is 29.0 Å². The van der Waals surface area contributed by atoms with Crippen molar-refractivity contribution in [1.82, 2.24) is 19.6 Å². The highest BCUT2D eigenvalue weighted by Gasteiger charge is 2.10. The molecule has 6 aromatic rings. The molecule has 0 aliphatic rings. The summed E-state index contributed by atoms with van der Waals surface area (Å²) in [7, 11) is 0. The average Bonchev–Trinajstić information content (AvgIpc) is 3.37. The van der Waals surface area contributed by atoms with Gasteiger partial charge < -0.3 is 0 Å². The predicted molar refractivity (Wildman–Crippen MR) is 118 cm³/mol. The maximum absolute atomic E-state index is 4.91. The molecule has 0 N–H and O–H groups in total. The van der Waals surface area contributed by atoms with Gasteiger partial charge in [0.25, 0.3) is 0 Å². The first-order valence-electron chi connectivity index (χ1n) is 9.50. The van der Waals surface area contributed by atoms with Crippen molar-refractivity contribution in [2.24, 2.45) is 0 Å². The summed E-state index contributed by atoms with van der Waals surface area (Å²) < 4.78 is 3.24. The first-order valence-corrected chi connectivity index (χ1v) is 10.3. The van der Waals surface area contributed by atoms with Gasteiger partial charge in [0.1, 0.15) is 5.69 Å². The van der Waals surface area contributed by atoms with Crippen LogP contribution in [0, 0.1) is 0 Å². The van der Waals surface area contributed by atoms with E-state index in [-0.39, 0.29) is 0 Å². The minimum Gasteiger partial charge on any atom is -0.256 e. The van der Waals surface area contributed by atoms with Gasteiger partial charge in [-0.15, -0.1) is 11.3 Å². The third-order valence-corrected chi connectivity index (χ3v) is 6.30. The minimum absolute atomic E-state index is 0.773. The lowest BCUT2D eigenvalue weighted by Crippen LogP contribution is -2.00. The Morgan fingerprint density at radius 3 is 2.72 bits per heavy atom. The fraction of sp³-hybridized carbons (Fsp3) is 0.0417. The molecule has 138 valence electrons. The zero-order chi connectivity index (χ0) is 19.2. The van der Waals surface area contributed by atoms with Gasteiger partial charge in [0.2, 0.25) is 0 Å². The molecule has 29 heavy (non-hydrogen) atoms. The van der Waals surface area contributed by atoms with E-state index >= 15 is 0 Å². The lowest BCUT2D eigenvalue weighted by atomic mass is 10.1. The van der Waals surface area contributed by atoms with E-state index in [1.165, 1.54) is 20.5 Å². The second kappa shape index (κ2) is 6.50. The number of fused-ring (bicyclic) bond motifs is 3. The molecule has 0 amide bonds. The van der Waals surface area contributed by atoms with Crippen molar-refractivity contribution < 1.29 is 0 Å². The van der Waals surface area contributed by atoms with Crippen LogP contribution in [0.3, 0.4) is 0 Å². The third-order valence-electron chi connectivity index (χ3n) is 5.16. The van der Waals surface area contributed by atoms with Crippen molar-refractivity contribution in [2.45, 2.75) is 6.42 Å². The summed E-state index contributed by atoms with van der Waals surface area (Å²) in [6, 6.07) is 25.2. The summed E-state index contributed by atoms with van der Waals surface area (Å²) in [5.41, 5.74) is 5.15.